The Kier molecular flexibility index (Phi) is 3.50. The van der Waals surface area contributed by atoms with E-state index >= 15 is 0 Å². The smallest absolute Gasteiger partial charge is 0.0657 e. The summed E-state index contributed by atoms with van der Waals surface area (Å²) in [6, 6.07) is 5.60. The van der Waals surface area contributed by atoms with E-state index in [1.165, 1.54) is 19.3 Å². The van der Waals surface area contributed by atoms with E-state index in [9.17, 15) is 0 Å². The average Bonchev–Trinajstić information content (AvgIpc) is 2.18. The van der Waals surface area contributed by atoms with Crippen molar-refractivity contribution in [1.82, 2.24) is 4.90 Å². The molecule has 1 fully saturated rings. The van der Waals surface area contributed by atoms with Gasteiger partial charge in [0.25, 0.3) is 0 Å². The zero-order valence-electron chi connectivity index (χ0n) is 10.5. The van der Waals surface area contributed by atoms with Gasteiger partial charge in [0.1, 0.15) is 0 Å². The normalized spacial score (nSPS) is 17.9. The monoisotopic (exact) mass is 253 g/mol. The zero-order valence-corrected chi connectivity index (χ0v) is 11.2. The van der Waals surface area contributed by atoms with Gasteiger partial charge in [0, 0.05) is 17.8 Å². The van der Waals surface area contributed by atoms with Crippen LogP contribution >= 0.6 is 11.6 Å². The van der Waals surface area contributed by atoms with Crippen LogP contribution in [0.1, 0.15) is 19.3 Å². The number of nitrogens with zero attached hydrogens (tertiary/aromatic N) is 1. The average molecular weight is 254 g/mol. The van der Waals surface area contributed by atoms with Crippen LogP contribution in [0.25, 0.3) is 0 Å². The van der Waals surface area contributed by atoms with E-state index in [4.69, 9.17) is 17.3 Å². The molecule has 4 heteroatoms. The topological polar surface area (TPSA) is 41.3 Å². The minimum absolute atomic E-state index is 0.296. The third-order valence-electron chi connectivity index (χ3n) is 3.83. The first-order chi connectivity index (χ1) is 8.03. The Morgan fingerprint density at radius 3 is 2.59 bits per heavy atom. The number of nitrogens with two attached hydrogens (primary N) is 1. The second-order valence-electron chi connectivity index (χ2n) is 5.07. The van der Waals surface area contributed by atoms with Gasteiger partial charge in [-0.1, -0.05) is 11.6 Å². The first-order valence-corrected chi connectivity index (χ1v) is 6.38. The maximum absolute atomic E-state index is 6.14. The van der Waals surface area contributed by atoms with Crippen molar-refractivity contribution in [2.75, 3.05) is 31.7 Å². The van der Waals surface area contributed by atoms with Gasteiger partial charge in [-0.2, -0.15) is 0 Å². The van der Waals surface area contributed by atoms with Crippen molar-refractivity contribution in [3.05, 3.63) is 23.2 Å². The van der Waals surface area contributed by atoms with E-state index in [2.05, 4.69) is 24.3 Å². The quantitative estimate of drug-likeness (QED) is 0.811. The van der Waals surface area contributed by atoms with Crippen LogP contribution in [0.15, 0.2) is 18.2 Å². The highest BCUT2D eigenvalue weighted by atomic mass is 35.5. The first-order valence-electron chi connectivity index (χ1n) is 6.00. The van der Waals surface area contributed by atoms with Crippen LogP contribution in [0.3, 0.4) is 0 Å². The molecule has 3 N–H and O–H groups in total. The fraction of sp³-hybridized carbons (Fsp3) is 0.538. The van der Waals surface area contributed by atoms with Crippen molar-refractivity contribution in [3.8, 4) is 0 Å². The van der Waals surface area contributed by atoms with Gasteiger partial charge in [-0.05, 0) is 51.6 Å². The van der Waals surface area contributed by atoms with Gasteiger partial charge < -0.3 is 16.0 Å². The molecule has 94 valence electrons. The van der Waals surface area contributed by atoms with Crippen LogP contribution in [0, 0.1) is 0 Å². The third kappa shape index (κ3) is 2.50. The number of rotatable bonds is 4. The molecule has 0 spiro atoms. The van der Waals surface area contributed by atoms with Crippen LogP contribution in [-0.2, 0) is 0 Å². The molecular weight excluding hydrogens is 234 g/mol. The summed E-state index contributed by atoms with van der Waals surface area (Å²) in [7, 11) is 4.29. The van der Waals surface area contributed by atoms with Gasteiger partial charge in [-0.3, -0.25) is 0 Å². The van der Waals surface area contributed by atoms with E-state index < -0.39 is 0 Å². The Labute approximate surface area is 108 Å². The Morgan fingerprint density at radius 2 is 2.12 bits per heavy atom. The molecule has 0 unspecified atom stereocenters. The Bertz CT molecular complexity index is 400. The van der Waals surface area contributed by atoms with Crippen LogP contribution in [0.5, 0.6) is 0 Å². The van der Waals surface area contributed by atoms with E-state index in [1.807, 2.05) is 12.1 Å². The molecule has 0 aromatic heterocycles. The van der Waals surface area contributed by atoms with Gasteiger partial charge in [0.05, 0.1) is 10.7 Å². The van der Waals surface area contributed by atoms with Crippen molar-refractivity contribution >= 4 is 23.0 Å². The molecule has 1 saturated carbocycles. The molecule has 0 bridgehead atoms. The number of nitrogens with one attached hydrogen (secondary N) is 1. The minimum Gasteiger partial charge on any atom is -0.399 e. The number of benzene rings is 1. The van der Waals surface area contributed by atoms with Gasteiger partial charge >= 0.3 is 0 Å². The highest BCUT2D eigenvalue weighted by Gasteiger charge is 2.38. The minimum atomic E-state index is 0.296. The lowest BCUT2D eigenvalue weighted by Gasteiger charge is -2.47. The fourth-order valence-electron chi connectivity index (χ4n) is 2.30. The van der Waals surface area contributed by atoms with E-state index in [1.54, 1.807) is 6.07 Å². The van der Waals surface area contributed by atoms with Crippen molar-refractivity contribution < 1.29 is 0 Å². The molecule has 17 heavy (non-hydrogen) atoms. The molecule has 0 saturated heterocycles. The SMILES string of the molecule is CN(C)C1(CNc2ccc(N)cc2Cl)CCC1. The summed E-state index contributed by atoms with van der Waals surface area (Å²) in [6.45, 7) is 0.934. The molecule has 1 aromatic carbocycles. The summed E-state index contributed by atoms with van der Waals surface area (Å²) in [5.41, 5.74) is 7.64. The highest BCUT2D eigenvalue weighted by Crippen LogP contribution is 2.36. The van der Waals surface area contributed by atoms with Crippen molar-refractivity contribution in [3.63, 3.8) is 0 Å². The summed E-state index contributed by atoms with van der Waals surface area (Å²) in [5, 5.41) is 4.13. The summed E-state index contributed by atoms with van der Waals surface area (Å²) >= 11 is 6.14. The number of halogens is 1. The van der Waals surface area contributed by atoms with Gasteiger partial charge in [-0.15, -0.1) is 0 Å². The third-order valence-corrected chi connectivity index (χ3v) is 4.15. The summed E-state index contributed by atoms with van der Waals surface area (Å²) < 4.78 is 0. The molecule has 0 heterocycles. The number of nitrogen functional groups attached to an aromatic ring is 1. The van der Waals surface area contributed by atoms with Crippen LogP contribution in [0.2, 0.25) is 5.02 Å². The molecule has 1 aliphatic rings. The Morgan fingerprint density at radius 1 is 1.41 bits per heavy atom. The van der Waals surface area contributed by atoms with Crippen molar-refractivity contribution in [2.24, 2.45) is 0 Å². The predicted molar refractivity (Wildman–Crippen MR) is 74.6 cm³/mol. The molecule has 0 amide bonds. The highest BCUT2D eigenvalue weighted by molar-refractivity contribution is 6.33. The lowest BCUT2D eigenvalue weighted by molar-refractivity contribution is 0.0739. The number of likely N-dealkylation sites (N-methyl/N-ethyl adjacent to an activating group) is 1. The number of anilines is 2. The van der Waals surface area contributed by atoms with Crippen molar-refractivity contribution in [2.45, 2.75) is 24.8 Å². The largest absolute Gasteiger partial charge is 0.399 e. The van der Waals surface area contributed by atoms with Crippen molar-refractivity contribution in [1.29, 1.82) is 0 Å². The molecule has 1 aliphatic carbocycles. The molecule has 3 nitrogen and oxygen atoms in total. The summed E-state index contributed by atoms with van der Waals surface area (Å²) in [4.78, 5) is 2.31. The predicted octanol–water partition coefficient (Wildman–Crippen LogP) is 2.82. The van der Waals surface area contributed by atoms with Crippen LogP contribution < -0.4 is 11.1 Å². The van der Waals surface area contributed by atoms with E-state index in [0.29, 0.717) is 16.2 Å². The standard InChI is InChI=1S/C13H20ClN3/c1-17(2)13(6-3-7-13)9-16-12-5-4-10(15)8-11(12)14/h4-5,8,16H,3,6-7,9,15H2,1-2H3. The Hall–Kier alpha value is -0.930. The first kappa shape index (κ1) is 12.5. The Balaban J connectivity index is 2.02. The molecule has 2 rings (SSSR count). The lowest BCUT2D eigenvalue weighted by atomic mass is 9.75. The summed E-state index contributed by atoms with van der Waals surface area (Å²) in [6.07, 6.45) is 3.81. The van der Waals surface area contributed by atoms with Crippen LogP contribution in [-0.4, -0.2) is 31.1 Å². The molecule has 1 aromatic rings. The van der Waals surface area contributed by atoms with Gasteiger partial charge in [0.15, 0.2) is 0 Å². The zero-order chi connectivity index (χ0) is 12.5. The molecule has 0 aliphatic heterocycles. The second-order valence-corrected chi connectivity index (χ2v) is 5.47. The molecule has 0 atom stereocenters. The van der Waals surface area contributed by atoms with E-state index in [0.717, 1.165) is 12.2 Å². The fourth-order valence-corrected chi connectivity index (χ4v) is 2.56. The van der Waals surface area contributed by atoms with E-state index in [-0.39, 0.29) is 0 Å². The van der Waals surface area contributed by atoms with Gasteiger partial charge in [-0.25, -0.2) is 0 Å². The lowest BCUT2D eigenvalue weighted by Crippen LogP contribution is -2.54. The second kappa shape index (κ2) is 4.75. The summed E-state index contributed by atoms with van der Waals surface area (Å²) in [5.74, 6) is 0. The maximum atomic E-state index is 6.14. The van der Waals surface area contributed by atoms with Gasteiger partial charge in [0.2, 0.25) is 0 Å². The molecule has 0 radical (unpaired) electrons. The maximum Gasteiger partial charge on any atom is 0.0657 e. The van der Waals surface area contributed by atoms with Crippen LogP contribution in [0.4, 0.5) is 11.4 Å². The number of hydrogen-bond donors (Lipinski definition) is 2. The molecular formula is C13H20ClN3. The number of hydrogen-bond acceptors (Lipinski definition) is 3.